The summed E-state index contributed by atoms with van der Waals surface area (Å²) >= 11 is 13.2. The van der Waals surface area contributed by atoms with E-state index in [1.54, 1.807) is 123 Å². The van der Waals surface area contributed by atoms with E-state index in [1.165, 1.54) is 41.6 Å². The molecule has 0 unspecified atom stereocenters. The van der Waals surface area contributed by atoms with Crippen LogP contribution in [0.25, 0.3) is 44.9 Å². The summed E-state index contributed by atoms with van der Waals surface area (Å²) in [6, 6.07) is 8.14. The van der Waals surface area contributed by atoms with Gasteiger partial charge in [0.05, 0.1) is 33.1 Å². The largest absolute Gasteiger partial charge is 0.379 e. The summed E-state index contributed by atoms with van der Waals surface area (Å²) in [5.74, 6) is 2.17. The van der Waals surface area contributed by atoms with Gasteiger partial charge in [-0.2, -0.15) is 38.2 Å². The Labute approximate surface area is 727 Å². The second-order valence-electron chi connectivity index (χ2n) is 30.1. The quantitative estimate of drug-likeness (QED) is 0.0216. The predicted octanol–water partition coefficient (Wildman–Crippen LogP) is 16.2. The molecule has 5 aliphatic rings. The van der Waals surface area contributed by atoms with Crippen molar-refractivity contribution in [2.45, 2.75) is 197 Å². The summed E-state index contributed by atoms with van der Waals surface area (Å²) in [6.45, 7) is 19.0. The second kappa shape index (κ2) is 45.4. The second-order valence-corrected chi connectivity index (χ2v) is 46.1. The summed E-state index contributed by atoms with van der Waals surface area (Å²) < 4.78 is 117. The topological polar surface area (TPSA) is 355 Å². The van der Waals surface area contributed by atoms with Gasteiger partial charge in [-0.05, 0) is 193 Å². The van der Waals surface area contributed by atoms with Crippen molar-refractivity contribution in [2.75, 3.05) is 108 Å². The maximum atomic E-state index is 12.5. The molecule has 0 bridgehead atoms. The average Bonchev–Trinajstić information content (AvgIpc) is 1.70. The minimum absolute atomic E-state index is 0. The first-order chi connectivity index (χ1) is 54.4. The SMILES string of the molecule is C.C.C.CN(C)S(=O)(=O)NCC1CCC(Nc2nc(-c3nccs3)cs2)CC1.Cc1ccc(S(=O)(=O)NCC2CCC(Nc3nc(-c4nc(C)sc4C)cs3)CC2)cc1.Cc1nc(-c2csc(NC3CCC(CNS(=O)(=O)N(C)C)CC3)n2)c(C)s1.Cc1nc(-c2csc(NCC3CCC(CNS(=O)(=O)N4CCOCC4)CC3)n2)c(C)s1. The minimum Gasteiger partial charge on any atom is -0.379 e. The molecule has 1 aromatic carbocycles. The summed E-state index contributed by atoms with van der Waals surface area (Å²) in [5.41, 5.74) is 7.76. The van der Waals surface area contributed by atoms with Crippen LogP contribution in [-0.2, 0) is 45.4 Å². The number of hydrogen-bond acceptors (Lipinski definition) is 29. The van der Waals surface area contributed by atoms with E-state index in [2.05, 4.69) is 102 Å². The molecule has 0 radical (unpaired) electrons. The molecule has 1 saturated heterocycles. The fourth-order valence-electron chi connectivity index (χ4n) is 14.2. The van der Waals surface area contributed by atoms with E-state index in [1.807, 2.05) is 50.6 Å². The molecule has 0 amide bonds. The Morgan fingerprint density at radius 1 is 0.419 bits per heavy atom. The average molecular weight is 1840 g/mol. The minimum atomic E-state index is -3.44. The van der Waals surface area contributed by atoms with Gasteiger partial charge in [0.1, 0.15) is 44.9 Å². The van der Waals surface area contributed by atoms with Crippen LogP contribution in [0.15, 0.2) is 62.3 Å². The number of nitrogens with one attached hydrogen (secondary N) is 8. The summed E-state index contributed by atoms with van der Waals surface area (Å²) in [7, 11) is -7.32. The molecule has 117 heavy (non-hydrogen) atoms. The van der Waals surface area contributed by atoms with Gasteiger partial charge in [0.15, 0.2) is 20.5 Å². The fourth-order valence-corrected chi connectivity index (χ4v) is 24.2. The molecule has 650 valence electrons. The number of anilines is 4. The van der Waals surface area contributed by atoms with Crippen LogP contribution in [-0.4, -0.2) is 192 Å². The number of nitrogens with zero attached hydrogens (tertiary/aromatic N) is 11. The molecule has 0 atom stereocenters. The van der Waals surface area contributed by atoms with Gasteiger partial charge >= 0.3 is 0 Å². The van der Waals surface area contributed by atoms with Gasteiger partial charge in [-0.1, -0.05) is 40.0 Å². The molecular weight excluding hydrogens is 1720 g/mol. The molecule has 40 heteroatoms. The molecule has 4 aliphatic carbocycles. The highest BCUT2D eigenvalue weighted by Gasteiger charge is 2.31. The maximum absolute atomic E-state index is 12.5. The lowest BCUT2D eigenvalue weighted by atomic mass is 9.82. The molecule has 8 aromatic heterocycles. The van der Waals surface area contributed by atoms with Crippen molar-refractivity contribution in [2.24, 2.45) is 29.6 Å². The van der Waals surface area contributed by atoms with Crippen molar-refractivity contribution < 1.29 is 38.4 Å². The zero-order chi connectivity index (χ0) is 81.3. The zero-order valence-electron chi connectivity index (χ0n) is 66.6. The van der Waals surface area contributed by atoms with E-state index in [-0.39, 0.29) is 22.3 Å². The van der Waals surface area contributed by atoms with Crippen LogP contribution in [0, 0.1) is 78.1 Å². The number of rotatable bonds is 29. The van der Waals surface area contributed by atoms with Crippen molar-refractivity contribution in [3.05, 3.63) is 92.6 Å². The van der Waals surface area contributed by atoms with Crippen LogP contribution < -0.4 is 40.2 Å². The first kappa shape index (κ1) is 97.4. The third-order valence-corrected chi connectivity index (χ3v) is 33.5. The third kappa shape index (κ3) is 29.0. The van der Waals surface area contributed by atoms with Crippen LogP contribution in [0.4, 0.5) is 20.5 Å². The number of aromatic nitrogens is 8. The Morgan fingerprint density at radius 2 is 0.761 bits per heavy atom. The first-order valence-electron chi connectivity index (χ1n) is 38.7. The van der Waals surface area contributed by atoms with E-state index in [9.17, 15) is 33.7 Å². The molecule has 14 rings (SSSR count). The van der Waals surface area contributed by atoms with Gasteiger partial charge in [-0.25, -0.2) is 67.2 Å². The highest BCUT2D eigenvalue weighted by molar-refractivity contribution is 7.89. The van der Waals surface area contributed by atoms with E-state index >= 15 is 0 Å². The smallest absolute Gasteiger partial charge is 0.279 e. The van der Waals surface area contributed by atoms with Crippen LogP contribution >= 0.6 is 90.7 Å². The highest BCUT2D eigenvalue weighted by atomic mass is 32.2. The lowest BCUT2D eigenvalue weighted by Gasteiger charge is -2.30. The Kier molecular flexibility index (Phi) is 37.8. The van der Waals surface area contributed by atoms with Gasteiger partial charge < -0.3 is 26.0 Å². The van der Waals surface area contributed by atoms with E-state index < -0.39 is 40.7 Å². The maximum Gasteiger partial charge on any atom is 0.279 e. The molecule has 9 aromatic rings. The zero-order valence-corrected chi connectivity index (χ0v) is 76.4. The number of hydrogen-bond donors (Lipinski definition) is 8. The first-order valence-corrected chi connectivity index (χ1v) is 51.4. The summed E-state index contributed by atoms with van der Waals surface area (Å²) in [6.07, 6.45) is 18.3. The van der Waals surface area contributed by atoms with Gasteiger partial charge in [0.25, 0.3) is 30.6 Å². The number of ether oxygens (including phenoxy) is 1. The molecule has 28 nitrogen and oxygen atoms in total. The number of benzene rings is 1. The van der Waals surface area contributed by atoms with Crippen LogP contribution in [0.5, 0.6) is 0 Å². The van der Waals surface area contributed by atoms with Gasteiger partial charge in [-0.3, -0.25) is 0 Å². The third-order valence-electron chi connectivity index (χ3n) is 21.0. The molecule has 9 heterocycles. The van der Waals surface area contributed by atoms with Crippen LogP contribution in [0.2, 0.25) is 0 Å². The predicted molar refractivity (Wildman–Crippen MR) is 490 cm³/mol. The molecule has 5 fully saturated rings. The van der Waals surface area contributed by atoms with E-state index in [0.717, 1.165) is 195 Å². The monoisotopic (exact) mass is 1840 g/mol. The van der Waals surface area contributed by atoms with Gasteiger partial charge in [0.2, 0.25) is 10.0 Å². The van der Waals surface area contributed by atoms with Crippen molar-refractivity contribution in [3.8, 4) is 44.9 Å². The Morgan fingerprint density at radius 3 is 1.13 bits per heavy atom. The number of thiazole rings is 8. The fraction of sp³-hybridized carbons (Fsp3) is 0.610. The van der Waals surface area contributed by atoms with Gasteiger partial charge in [0, 0.05) is 140 Å². The molecular formula is C77H121N19O9S12. The number of aryl methyl sites for hydroxylation is 7. The Bertz CT molecular complexity index is 4950. The van der Waals surface area contributed by atoms with Crippen molar-refractivity contribution in [1.29, 1.82) is 0 Å². The van der Waals surface area contributed by atoms with E-state index in [4.69, 9.17) is 19.7 Å². The highest BCUT2D eigenvalue weighted by Crippen LogP contribution is 2.38. The number of sulfonamides is 1. The Balaban J connectivity index is 0.000000194. The molecule has 0 spiro atoms. The number of morpholine rings is 1. The molecule has 1 aliphatic heterocycles. The van der Waals surface area contributed by atoms with Crippen LogP contribution in [0.3, 0.4) is 0 Å². The van der Waals surface area contributed by atoms with Gasteiger partial charge in [-0.15, -0.1) is 90.7 Å². The van der Waals surface area contributed by atoms with Crippen molar-refractivity contribution in [1.82, 2.24) is 71.7 Å². The Hall–Kier alpha value is -5.06. The van der Waals surface area contributed by atoms with Crippen molar-refractivity contribution >= 4 is 152 Å². The normalized spacial score (nSPS) is 20.7. The molecule has 8 N–H and O–H groups in total. The lowest BCUT2D eigenvalue weighted by Crippen LogP contribution is -2.47. The standard InChI is InChI=1S/C22H28N4O2S3.C20H31N5O3S3.C17H27N5O2S3.C15H23N5O2S3.3CH4/c1-14-4-10-19(11-5-14)31(27,28)23-12-17-6-8-18(9-7-17)25-22-26-20(13-29-22)21-15(2)30-16(3)24-21;1-14-19(23-15(2)30-14)18-13-29-20(24-18)21-11-16-3-5-17(6-4-16)12-22-31(26,27)25-7-9-28-10-8-25;1-11-16(19-12(2)26-11)15-10-25-17(21-15)20-14-7-5-13(6-8-14)9-18-27(23,24)22(3)4;1-20(2)25(21,22)17-9-11-3-5-12(6-4-11)18-15-19-13(10-24-15)14-16-7-8-23-14;;;/h4-5,10-11,13,17-18,23H,6-9,12H2,1-3H3,(H,25,26);13,16-17,22H,3-12H2,1-2H3,(H,21,24);10,13-14,18H,5-9H2,1-4H3,(H,20,21);7-8,10-12,17H,3-6,9H2,1-2H3,(H,18,19);3*1H4. The van der Waals surface area contributed by atoms with E-state index in [0.29, 0.717) is 105 Å². The van der Waals surface area contributed by atoms with Crippen LogP contribution in [0.1, 0.15) is 160 Å². The lowest BCUT2D eigenvalue weighted by molar-refractivity contribution is 0.0724. The van der Waals surface area contributed by atoms with Crippen molar-refractivity contribution in [3.63, 3.8) is 0 Å². The summed E-state index contributed by atoms with van der Waals surface area (Å²) in [5, 5.41) is 32.2. The molecule has 4 saturated carbocycles. The summed E-state index contributed by atoms with van der Waals surface area (Å²) in [4.78, 5) is 40.8.